The van der Waals surface area contributed by atoms with Crippen molar-refractivity contribution in [2.45, 2.75) is 20.0 Å². The van der Waals surface area contributed by atoms with Gasteiger partial charge in [0.1, 0.15) is 11.4 Å². The lowest BCUT2D eigenvalue weighted by atomic mass is 10.3. The molecule has 0 radical (unpaired) electrons. The zero-order valence-electron chi connectivity index (χ0n) is 10.1. The minimum absolute atomic E-state index is 0.686. The monoisotopic (exact) mass is 242 g/mol. The summed E-state index contributed by atoms with van der Waals surface area (Å²) < 4.78 is 7.02. The predicted octanol–water partition coefficient (Wildman–Crippen LogP) is 1.92. The summed E-state index contributed by atoms with van der Waals surface area (Å²) in [5, 5.41) is 7.22. The Morgan fingerprint density at radius 1 is 1.28 bits per heavy atom. The normalized spacial score (nSPS) is 11.2. The van der Waals surface area contributed by atoms with Crippen LogP contribution in [0.3, 0.4) is 0 Å². The van der Waals surface area contributed by atoms with Gasteiger partial charge in [0.15, 0.2) is 0 Å². The Bertz CT molecular complexity index is 623. The number of nitrogens with one attached hydrogen (secondary N) is 1. The van der Waals surface area contributed by atoms with Crippen molar-refractivity contribution < 1.29 is 4.52 Å². The lowest BCUT2D eigenvalue weighted by Gasteiger charge is -1.97. The van der Waals surface area contributed by atoms with Gasteiger partial charge in [-0.3, -0.25) is 0 Å². The van der Waals surface area contributed by atoms with Crippen molar-refractivity contribution in [2.75, 3.05) is 0 Å². The Hall–Kier alpha value is -2.14. The van der Waals surface area contributed by atoms with Gasteiger partial charge in [0, 0.05) is 31.5 Å². The number of pyridine rings is 1. The zero-order chi connectivity index (χ0) is 12.4. The van der Waals surface area contributed by atoms with E-state index in [-0.39, 0.29) is 0 Å². The Morgan fingerprint density at radius 3 is 2.94 bits per heavy atom. The maximum Gasteiger partial charge on any atom is 0.137 e. The van der Waals surface area contributed by atoms with Crippen molar-refractivity contribution in [3.63, 3.8) is 0 Å². The highest BCUT2D eigenvalue weighted by Crippen LogP contribution is 2.05. The summed E-state index contributed by atoms with van der Waals surface area (Å²) in [7, 11) is 0. The number of aromatic nitrogens is 3. The van der Waals surface area contributed by atoms with Crippen LogP contribution in [0.1, 0.15) is 17.1 Å². The zero-order valence-corrected chi connectivity index (χ0v) is 10.1. The van der Waals surface area contributed by atoms with Crippen LogP contribution in [-0.4, -0.2) is 14.5 Å². The second kappa shape index (κ2) is 4.62. The third kappa shape index (κ3) is 2.26. The molecule has 0 atom stereocenters. The van der Waals surface area contributed by atoms with E-state index in [1.54, 1.807) is 0 Å². The van der Waals surface area contributed by atoms with Crippen LogP contribution in [0.2, 0.25) is 0 Å². The summed E-state index contributed by atoms with van der Waals surface area (Å²) >= 11 is 0. The lowest BCUT2D eigenvalue weighted by molar-refractivity contribution is 0.388. The van der Waals surface area contributed by atoms with Gasteiger partial charge in [-0.2, -0.15) is 0 Å². The summed E-state index contributed by atoms with van der Waals surface area (Å²) in [6, 6.07) is 7.89. The van der Waals surface area contributed by atoms with Crippen LogP contribution in [0, 0.1) is 6.92 Å². The van der Waals surface area contributed by atoms with Crippen LogP contribution < -0.4 is 5.32 Å². The highest BCUT2D eigenvalue weighted by atomic mass is 16.5. The van der Waals surface area contributed by atoms with Crippen molar-refractivity contribution in [3.8, 4) is 0 Å². The Kier molecular flexibility index (Phi) is 2.82. The number of hydrogen-bond donors (Lipinski definition) is 1. The molecule has 18 heavy (non-hydrogen) atoms. The molecule has 5 nitrogen and oxygen atoms in total. The van der Waals surface area contributed by atoms with E-state index in [4.69, 9.17) is 4.52 Å². The van der Waals surface area contributed by atoms with Crippen LogP contribution in [-0.2, 0) is 13.1 Å². The standard InChI is InChI=1S/C13H14N4O/c1-10-6-11(16-18-10)7-14-8-12-9-17-5-3-2-4-13(17)15-12/h2-6,9,14H,7-8H2,1H3. The minimum atomic E-state index is 0.686. The van der Waals surface area contributed by atoms with E-state index < -0.39 is 0 Å². The van der Waals surface area contributed by atoms with Crippen LogP contribution in [0.5, 0.6) is 0 Å². The molecule has 1 N–H and O–H groups in total. The Labute approximate surface area is 104 Å². The van der Waals surface area contributed by atoms with E-state index in [2.05, 4.69) is 15.5 Å². The number of fused-ring (bicyclic) bond motifs is 1. The van der Waals surface area contributed by atoms with E-state index in [1.165, 1.54) is 0 Å². The smallest absolute Gasteiger partial charge is 0.137 e. The van der Waals surface area contributed by atoms with Crippen molar-refractivity contribution in [1.82, 2.24) is 19.9 Å². The topological polar surface area (TPSA) is 55.4 Å². The summed E-state index contributed by atoms with van der Waals surface area (Å²) in [4.78, 5) is 4.51. The quantitative estimate of drug-likeness (QED) is 0.759. The fourth-order valence-corrected chi connectivity index (χ4v) is 1.89. The molecular formula is C13H14N4O. The summed E-state index contributed by atoms with van der Waals surface area (Å²) in [6.07, 6.45) is 4.02. The van der Waals surface area contributed by atoms with Gasteiger partial charge in [-0.1, -0.05) is 11.2 Å². The van der Waals surface area contributed by atoms with E-state index in [1.807, 2.05) is 48.0 Å². The van der Waals surface area contributed by atoms with Crippen molar-refractivity contribution in [2.24, 2.45) is 0 Å². The molecule has 0 aromatic carbocycles. The number of rotatable bonds is 4. The third-order valence-corrected chi connectivity index (χ3v) is 2.70. The molecule has 3 rings (SSSR count). The SMILES string of the molecule is Cc1cc(CNCc2cn3ccccc3n2)no1. The first-order valence-corrected chi connectivity index (χ1v) is 5.87. The van der Waals surface area contributed by atoms with Gasteiger partial charge in [-0.05, 0) is 19.1 Å². The van der Waals surface area contributed by atoms with Crippen molar-refractivity contribution in [1.29, 1.82) is 0 Å². The van der Waals surface area contributed by atoms with E-state index in [0.29, 0.717) is 13.1 Å². The number of nitrogens with zero attached hydrogens (tertiary/aromatic N) is 3. The summed E-state index contributed by atoms with van der Waals surface area (Å²) in [6.45, 7) is 3.29. The first-order chi connectivity index (χ1) is 8.81. The molecule has 0 bridgehead atoms. The van der Waals surface area contributed by atoms with E-state index in [0.717, 1.165) is 22.8 Å². The molecule has 3 aromatic rings. The van der Waals surface area contributed by atoms with E-state index in [9.17, 15) is 0 Å². The van der Waals surface area contributed by atoms with E-state index >= 15 is 0 Å². The molecule has 0 amide bonds. The lowest BCUT2D eigenvalue weighted by Crippen LogP contribution is -2.13. The molecule has 0 aliphatic rings. The van der Waals surface area contributed by atoms with Gasteiger partial charge < -0.3 is 14.2 Å². The van der Waals surface area contributed by atoms with Crippen molar-refractivity contribution >= 4 is 5.65 Å². The number of aryl methyl sites for hydroxylation is 1. The van der Waals surface area contributed by atoms with Gasteiger partial charge in [-0.25, -0.2) is 4.98 Å². The average Bonchev–Trinajstić information content (AvgIpc) is 2.95. The molecule has 0 aliphatic carbocycles. The highest BCUT2D eigenvalue weighted by Gasteiger charge is 2.02. The molecule has 92 valence electrons. The Balaban J connectivity index is 1.62. The molecule has 0 unspecified atom stereocenters. The van der Waals surface area contributed by atoms with Gasteiger partial charge in [0.2, 0.25) is 0 Å². The molecule has 3 aromatic heterocycles. The van der Waals surface area contributed by atoms with Gasteiger partial charge >= 0.3 is 0 Å². The number of hydrogen-bond acceptors (Lipinski definition) is 4. The molecule has 0 saturated carbocycles. The van der Waals surface area contributed by atoms with Crippen LogP contribution in [0.25, 0.3) is 5.65 Å². The molecule has 5 heteroatoms. The summed E-state index contributed by atoms with van der Waals surface area (Å²) in [5.74, 6) is 0.833. The highest BCUT2D eigenvalue weighted by molar-refractivity contribution is 5.39. The van der Waals surface area contributed by atoms with Crippen LogP contribution >= 0.6 is 0 Å². The average molecular weight is 242 g/mol. The van der Waals surface area contributed by atoms with Gasteiger partial charge in [-0.15, -0.1) is 0 Å². The molecule has 0 saturated heterocycles. The summed E-state index contributed by atoms with van der Waals surface area (Å²) in [5.41, 5.74) is 2.89. The fourth-order valence-electron chi connectivity index (χ4n) is 1.89. The molecule has 3 heterocycles. The minimum Gasteiger partial charge on any atom is -0.361 e. The third-order valence-electron chi connectivity index (χ3n) is 2.70. The number of imidazole rings is 1. The maximum absolute atomic E-state index is 5.01. The predicted molar refractivity (Wildman–Crippen MR) is 67.0 cm³/mol. The fraction of sp³-hybridized carbons (Fsp3) is 0.231. The Morgan fingerprint density at radius 2 is 2.17 bits per heavy atom. The largest absolute Gasteiger partial charge is 0.361 e. The van der Waals surface area contributed by atoms with Crippen LogP contribution in [0.4, 0.5) is 0 Å². The second-order valence-electron chi connectivity index (χ2n) is 4.23. The van der Waals surface area contributed by atoms with Gasteiger partial charge in [0.05, 0.1) is 11.4 Å². The molecule has 0 spiro atoms. The molecule has 0 fully saturated rings. The molecule has 0 aliphatic heterocycles. The maximum atomic E-state index is 5.01. The second-order valence-corrected chi connectivity index (χ2v) is 4.23. The van der Waals surface area contributed by atoms with Gasteiger partial charge in [0.25, 0.3) is 0 Å². The van der Waals surface area contributed by atoms with Crippen LogP contribution in [0.15, 0.2) is 41.2 Å². The molecular weight excluding hydrogens is 228 g/mol. The van der Waals surface area contributed by atoms with Crippen molar-refractivity contribution in [3.05, 3.63) is 53.8 Å². The first-order valence-electron chi connectivity index (χ1n) is 5.87. The first kappa shape index (κ1) is 11.0.